The molecule has 26 heavy (non-hydrogen) atoms. The Morgan fingerprint density at radius 2 is 2.15 bits per heavy atom. The number of hydrogen-bond donors (Lipinski definition) is 0. The standard InChI is InChI=1S/C14H14Cl2N4O6/c1-6(21)25-8-3-7(4-24-14(22)23-2)26-12(8)20-10(15)9-11(18-5-17-9)19-13(20)16/h5,7-8,12H,3-4H2,1-2H3/t7-,8+,12+/m0/s1. The van der Waals surface area contributed by atoms with Gasteiger partial charge in [-0.25, -0.2) is 14.8 Å². The number of halogens is 2. The van der Waals surface area contributed by atoms with Crippen molar-refractivity contribution in [1.29, 1.82) is 0 Å². The van der Waals surface area contributed by atoms with Crippen LogP contribution in [0.25, 0.3) is 11.5 Å². The lowest BCUT2D eigenvalue weighted by atomic mass is 10.2. The van der Waals surface area contributed by atoms with Gasteiger partial charge in [0.05, 0.1) is 13.2 Å². The molecule has 0 spiro atoms. The van der Waals surface area contributed by atoms with Crippen molar-refractivity contribution in [2.24, 2.45) is 0 Å². The topological polar surface area (TPSA) is 115 Å². The first kappa shape index (κ1) is 18.6. The van der Waals surface area contributed by atoms with Crippen LogP contribution in [0.5, 0.6) is 0 Å². The third-order valence-corrected chi connectivity index (χ3v) is 4.28. The SMILES string of the molecule is COC(=O)OC[C@@H]1C[C@@H](OC(C)=O)[C@H](n2c(Cl)nc3ncnc-3c2Cl)O1. The minimum Gasteiger partial charge on any atom is -0.458 e. The van der Waals surface area contributed by atoms with Crippen molar-refractivity contribution < 1.29 is 28.5 Å². The highest BCUT2D eigenvalue weighted by Crippen LogP contribution is 2.38. The van der Waals surface area contributed by atoms with Crippen molar-refractivity contribution >= 4 is 35.3 Å². The molecule has 3 rings (SSSR count). The second-order valence-electron chi connectivity index (χ2n) is 5.38. The van der Waals surface area contributed by atoms with Crippen LogP contribution in [-0.2, 0) is 23.7 Å². The first-order valence-corrected chi connectivity index (χ1v) is 8.23. The van der Waals surface area contributed by atoms with E-state index in [-0.39, 0.29) is 29.3 Å². The summed E-state index contributed by atoms with van der Waals surface area (Å²) in [5.41, 5.74) is 0.329. The van der Waals surface area contributed by atoms with Crippen molar-refractivity contribution in [1.82, 2.24) is 19.5 Å². The largest absolute Gasteiger partial charge is 0.508 e. The van der Waals surface area contributed by atoms with E-state index in [1.54, 1.807) is 0 Å². The van der Waals surface area contributed by atoms with Crippen LogP contribution < -0.4 is 0 Å². The number of rotatable bonds is 4. The summed E-state index contributed by atoms with van der Waals surface area (Å²) < 4.78 is 21.8. The molecule has 1 saturated heterocycles. The Kier molecular flexibility index (Phi) is 5.44. The molecule has 12 heteroatoms. The Bertz CT molecular complexity index is 800. The van der Waals surface area contributed by atoms with E-state index in [0.717, 1.165) is 0 Å². The van der Waals surface area contributed by atoms with E-state index in [1.807, 2.05) is 0 Å². The highest BCUT2D eigenvalue weighted by Gasteiger charge is 2.41. The molecule has 3 heterocycles. The van der Waals surface area contributed by atoms with Gasteiger partial charge in [-0.3, -0.25) is 9.36 Å². The van der Waals surface area contributed by atoms with E-state index in [2.05, 4.69) is 19.7 Å². The number of hydrogen-bond acceptors (Lipinski definition) is 9. The molecule has 0 aliphatic carbocycles. The Balaban J connectivity index is 1.90. The maximum atomic E-state index is 11.4. The Hall–Kier alpha value is -2.17. The van der Waals surface area contributed by atoms with E-state index >= 15 is 0 Å². The summed E-state index contributed by atoms with van der Waals surface area (Å²) >= 11 is 12.6. The molecular formula is C14H14Cl2N4O6. The van der Waals surface area contributed by atoms with Gasteiger partial charge in [-0.05, 0) is 11.6 Å². The molecule has 3 aliphatic heterocycles. The van der Waals surface area contributed by atoms with Gasteiger partial charge in [0.15, 0.2) is 12.1 Å². The Morgan fingerprint density at radius 3 is 2.85 bits per heavy atom. The van der Waals surface area contributed by atoms with Crippen LogP contribution in [0.1, 0.15) is 19.6 Å². The van der Waals surface area contributed by atoms with E-state index in [4.69, 9.17) is 37.4 Å². The molecule has 140 valence electrons. The molecule has 10 nitrogen and oxygen atoms in total. The summed E-state index contributed by atoms with van der Waals surface area (Å²) in [5.74, 6) is -0.225. The van der Waals surface area contributed by atoms with Crippen molar-refractivity contribution in [3.8, 4) is 11.5 Å². The molecular weight excluding hydrogens is 391 g/mol. The number of ether oxygens (including phenoxy) is 4. The highest BCUT2D eigenvalue weighted by molar-refractivity contribution is 6.34. The summed E-state index contributed by atoms with van der Waals surface area (Å²) in [7, 11) is 1.19. The van der Waals surface area contributed by atoms with E-state index in [9.17, 15) is 9.59 Å². The number of fused-ring (bicyclic) bond motifs is 1. The molecule has 0 unspecified atom stereocenters. The van der Waals surface area contributed by atoms with Gasteiger partial charge in [0.2, 0.25) is 5.28 Å². The lowest BCUT2D eigenvalue weighted by Crippen LogP contribution is -2.26. The van der Waals surface area contributed by atoms with Crippen LogP contribution in [0, 0.1) is 0 Å². The Morgan fingerprint density at radius 1 is 1.38 bits per heavy atom. The van der Waals surface area contributed by atoms with Crippen LogP contribution in [0.15, 0.2) is 6.33 Å². The summed E-state index contributed by atoms with van der Waals surface area (Å²) in [6.07, 6.45) is -1.45. The maximum Gasteiger partial charge on any atom is 0.508 e. The summed E-state index contributed by atoms with van der Waals surface area (Å²) in [6.45, 7) is 1.18. The summed E-state index contributed by atoms with van der Waals surface area (Å²) in [5, 5.41) is 0.119. The smallest absolute Gasteiger partial charge is 0.458 e. The molecule has 3 aliphatic rings. The third-order valence-electron chi connectivity index (χ3n) is 3.65. The first-order chi connectivity index (χ1) is 12.4. The number of carbonyl (C=O) groups excluding carboxylic acids is 2. The zero-order valence-corrected chi connectivity index (χ0v) is 15.2. The third kappa shape index (κ3) is 3.67. The molecule has 0 bridgehead atoms. The monoisotopic (exact) mass is 404 g/mol. The van der Waals surface area contributed by atoms with Crippen LogP contribution in [0.2, 0.25) is 10.4 Å². The normalized spacial score (nSPS) is 22.4. The molecule has 1 fully saturated rings. The van der Waals surface area contributed by atoms with Crippen LogP contribution in [0.4, 0.5) is 4.79 Å². The average Bonchev–Trinajstić information content (AvgIpc) is 3.19. The molecule has 0 radical (unpaired) electrons. The number of carbonyl (C=O) groups is 2. The fourth-order valence-corrected chi connectivity index (χ4v) is 3.24. The molecule has 0 N–H and O–H groups in total. The van der Waals surface area contributed by atoms with E-state index in [0.29, 0.717) is 5.69 Å². The lowest BCUT2D eigenvalue weighted by Gasteiger charge is -2.24. The fraction of sp³-hybridized carbons (Fsp3) is 0.500. The van der Waals surface area contributed by atoms with Gasteiger partial charge in [0, 0.05) is 13.3 Å². The van der Waals surface area contributed by atoms with Crippen LogP contribution in [-0.4, -0.2) is 57.6 Å². The number of aromatic nitrogens is 4. The molecule has 0 aromatic carbocycles. The molecule has 3 atom stereocenters. The van der Waals surface area contributed by atoms with Crippen molar-refractivity contribution in [3.63, 3.8) is 0 Å². The Labute approximate surface area is 157 Å². The van der Waals surface area contributed by atoms with Crippen LogP contribution in [0.3, 0.4) is 0 Å². The van der Waals surface area contributed by atoms with Gasteiger partial charge in [0.25, 0.3) is 0 Å². The van der Waals surface area contributed by atoms with Crippen molar-refractivity contribution in [2.45, 2.75) is 31.8 Å². The first-order valence-electron chi connectivity index (χ1n) is 7.48. The van der Waals surface area contributed by atoms with Gasteiger partial charge in [0.1, 0.15) is 29.9 Å². The van der Waals surface area contributed by atoms with Gasteiger partial charge in [-0.1, -0.05) is 11.6 Å². The van der Waals surface area contributed by atoms with Gasteiger partial charge >= 0.3 is 12.1 Å². The summed E-state index contributed by atoms with van der Waals surface area (Å²) in [6, 6.07) is 0. The predicted molar refractivity (Wildman–Crippen MR) is 86.9 cm³/mol. The van der Waals surface area contributed by atoms with Gasteiger partial charge in [-0.15, -0.1) is 0 Å². The quantitative estimate of drug-likeness (QED) is 0.428. The van der Waals surface area contributed by atoms with Crippen LogP contribution >= 0.6 is 23.2 Å². The number of imidazole rings is 1. The number of methoxy groups -OCH3 is 1. The molecule has 0 aromatic rings. The molecule has 0 saturated carbocycles. The van der Waals surface area contributed by atoms with E-state index < -0.39 is 30.6 Å². The summed E-state index contributed by atoms with van der Waals surface area (Å²) in [4.78, 5) is 34.7. The predicted octanol–water partition coefficient (Wildman–Crippen LogP) is 2.09. The van der Waals surface area contributed by atoms with Crippen molar-refractivity contribution in [2.75, 3.05) is 13.7 Å². The molecule has 0 aromatic heterocycles. The lowest BCUT2D eigenvalue weighted by molar-refractivity contribution is -0.152. The zero-order chi connectivity index (χ0) is 18.8. The minimum atomic E-state index is -0.876. The number of nitrogens with zero attached hydrogens (tertiary/aromatic N) is 4. The number of esters is 1. The maximum absolute atomic E-state index is 11.4. The fourth-order valence-electron chi connectivity index (χ4n) is 2.63. The van der Waals surface area contributed by atoms with Crippen molar-refractivity contribution in [3.05, 3.63) is 16.8 Å². The average molecular weight is 405 g/mol. The molecule has 0 amide bonds. The van der Waals surface area contributed by atoms with Gasteiger partial charge < -0.3 is 18.9 Å². The second-order valence-corrected chi connectivity index (χ2v) is 6.08. The minimum absolute atomic E-state index is 0.0142. The van der Waals surface area contributed by atoms with E-state index in [1.165, 1.54) is 24.9 Å². The second kappa shape index (κ2) is 7.60. The zero-order valence-electron chi connectivity index (χ0n) is 13.7. The highest BCUT2D eigenvalue weighted by atomic mass is 35.5. The van der Waals surface area contributed by atoms with Gasteiger partial charge in [-0.2, -0.15) is 4.98 Å².